The molecular weight excluding hydrogens is 362 g/mol. The maximum Gasteiger partial charge on any atom is 0.141 e. The Hall–Kier alpha value is -3.18. The highest BCUT2D eigenvalue weighted by molar-refractivity contribution is 6.31. The third kappa shape index (κ3) is 4.51. The maximum absolute atomic E-state index is 9.90. The summed E-state index contributed by atoms with van der Waals surface area (Å²) in [5, 5.41) is 20.3. The summed E-state index contributed by atoms with van der Waals surface area (Å²) in [6, 6.07) is 17.1. The summed E-state index contributed by atoms with van der Waals surface area (Å²) in [4.78, 5) is 13.4. The van der Waals surface area contributed by atoms with Crippen LogP contribution >= 0.6 is 11.6 Å². The van der Waals surface area contributed by atoms with Crippen molar-refractivity contribution in [1.29, 1.82) is 0 Å². The number of aliphatic imine (C=N–C) groups is 2. The highest BCUT2D eigenvalue weighted by atomic mass is 35.5. The molecule has 0 aliphatic rings. The summed E-state index contributed by atoms with van der Waals surface area (Å²) < 4.78 is 0. The molecule has 0 spiro atoms. The summed E-state index contributed by atoms with van der Waals surface area (Å²) in [7, 11) is 0. The van der Waals surface area contributed by atoms with E-state index < -0.39 is 0 Å². The first kappa shape index (κ1) is 18.6. The number of nitrogens with zero attached hydrogens (tertiary/aromatic N) is 3. The molecule has 0 aliphatic heterocycles. The van der Waals surface area contributed by atoms with E-state index in [0.29, 0.717) is 39.2 Å². The summed E-state index contributed by atoms with van der Waals surface area (Å²) >= 11 is 6.26. The molecule has 0 amide bonds. The van der Waals surface area contributed by atoms with E-state index in [1.807, 2.05) is 0 Å². The number of hydrogen-bond acceptors (Lipinski definition) is 5. The van der Waals surface area contributed by atoms with Gasteiger partial charge in [-0.3, -0.25) is 0 Å². The van der Waals surface area contributed by atoms with Crippen molar-refractivity contribution >= 4 is 34.4 Å². The highest BCUT2D eigenvalue weighted by Crippen LogP contribution is 2.27. The highest BCUT2D eigenvalue weighted by Gasteiger charge is 2.09. The number of halogens is 1. The Bertz CT molecular complexity index is 965. The Morgan fingerprint density at radius 2 is 1.19 bits per heavy atom. The van der Waals surface area contributed by atoms with Crippen molar-refractivity contribution in [2.45, 2.75) is 13.8 Å². The molecular formula is C21H18ClN3O2. The zero-order chi connectivity index (χ0) is 19.4. The molecule has 0 aliphatic carbocycles. The second-order valence-electron chi connectivity index (χ2n) is 5.93. The second kappa shape index (κ2) is 8.01. The van der Waals surface area contributed by atoms with Gasteiger partial charge in [-0.15, -0.1) is 0 Å². The van der Waals surface area contributed by atoms with Crippen molar-refractivity contribution in [3.63, 3.8) is 0 Å². The Balaban J connectivity index is 1.99. The van der Waals surface area contributed by atoms with E-state index in [4.69, 9.17) is 11.6 Å². The lowest BCUT2D eigenvalue weighted by atomic mass is 10.2. The minimum atomic E-state index is 0.0939. The third-order valence-electron chi connectivity index (χ3n) is 3.87. The van der Waals surface area contributed by atoms with Crippen LogP contribution in [0, 0.1) is 0 Å². The number of phenolic OH excluding ortho intramolecular Hbond substituents is 2. The van der Waals surface area contributed by atoms with E-state index in [2.05, 4.69) is 15.0 Å². The van der Waals surface area contributed by atoms with Crippen LogP contribution in [0.4, 0.5) is 11.4 Å². The van der Waals surface area contributed by atoms with Gasteiger partial charge in [0, 0.05) is 5.02 Å². The van der Waals surface area contributed by atoms with Crippen molar-refractivity contribution < 1.29 is 10.2 Å². The SMILES string of the molecule is CC(=Nc1ccccc1O)c1cc(Cl)cc(C(C)=Nc2ccccc2O)n1. The molecule has 6 heteroatoms. The normalized spacial score (nSPS) is 12.3. The van der Waals surface area contributed by atoms with Gasteiger partial charge >= 0.3 is 0 Å². The van der Waals surface area contributed by atoms with Gasteiger partial charge in [-0.2, -0.15) is 0 Å². The number of phenols is 2. The molecule has 3 aromatic rings. The van der Waals surface area contributed by atoms with E-state index in [-0.39, 0.29) is 11.5 Å². The Morgan fingerprint density at radius 1 is 0.778 bits per heavy atom. The number of pyridine rings is 1. The van der Waals surface area contributed by atoms with E-state index in [1.165, 1.54) is 0 Å². The van der Waals surface area contributed by atoms with E-state index in [1.54, 1.807) is 74.5 Å². The second-order valence-corrected chi connectivity index (χ2v) is 6.36. The molecule has 0 saturated heterocycles. The molecule has 136 valence electrons. The van der Waals surface area contributed by atoms with Crippen molar-refractivity contribution in [2.75, 3.05) is 0 Å². The Kier molecular flexibility index (Phi) is 5.52. The van der Waals surface area contributed by atoms with E-state index in [0.717, 1.165) is 0 Å². The van der Waals surface area contributed by atoms with Gasteiger partial charge in [0.2, 0.25) is 0 Å². The zero-order valence-electron chi connectivity index (χ0n) is 14.9. The van der Waals surface area contributed by atoms with Gasteiger partial charge in [0.1, 0.15) is 22.9 Å². The van der Waals surface area contributed by atoms with Gasteiger partial charge in [-0.05, 0) is 50.2 Å². The fourth-order valence-electron chi connectivity index (χ4n) is 2.46. The molecule has 2 N–H and O–H groups in total. The molecule has 0 radical (unpaired) electrons. The van der Waals surface area contributed by atoms with Crippen LogP contribution in [0.3, 0.4) is 0 Å². The maximum atomic E-state index is 9.90. The minimum Gasteiger partial charge on any atom is -0.506 e. The lowest BCUT2D eigenvalue weighted by Gasteiger charge is -2.07. The molecule has 0 fully saturated rings. The smallest absolute Gasteiger partial charge is 0.141 e. The number of aromatic hydroxyl groups is 2. The fourth-order valence-corrected chi connectivity index (χ4v) is 2.67. The van der Waals surface area contributed by atoms with Crippen LogP contribution < -0.4 is 0 Å². The van der Waals surface area contributed by atoms with Gasteiger partial charge in [0.05, 0.1) is 22.8 Å². The predicted octanol–water partition coefficient (Wildman–Crippen LogP) is 5.43. The number of benzene rings is 2. The molecule has 2 aromatic carbocycles. The first-order valence-electron chi connectivity index (χ1n) is 8.29. The van der Waals surface area contributed by atoms with Crippen molar-refractivity contribution in [2.24, 2.45) is 9.98 Å². The summed E-state index contributed by atoms with van der Waals surface area (Å²) in [5.41, 5.74) is 3.28. The molecule has 0 bridgehead atoms. The molecule has 1 heterocycles. The lowest BCUT2D eigenvalue weighted by molar-refractivity contribution is 0.476. The number of para-hydroxylation sites is 4. The van der Waals surface area contributed by atoms with Gasteiger partial charge in [-0.1, -0.05) is 35.9 Å². The Morgan fingerprint density at radius 3 is 1.59 bits per heavy atom. The first-order chi connectivity index (χ1) is 12.9. The van der Waals surface area contributed by atoms with Gasteiger partial charge < -0.3 is 10.2 Å². The van der Waals surface area contributed by atoms with Gasteiger partial charge in [-0.25, -0.2) is 15.0 Å². The van der Waals surface area contributed by atoms with Crippen LogP contribution in [0.5, 0.6) is 11.5 Å². The van der Waals surface area contributed by atoms with Crippen LogP contribution in [-0.4, -0.2) is 26.6 Å². The fraction of sp³-hybridized carbons (Fsp3) is 0.0952. The van der Waals surface area contributed by atoms with Gasteiger partial charge in [0.15, 0.2) is 0 Å². The Labute approximate surface area is 162 Å². The zero-order valence-corrected chi connectivity index (χ0v) is 15.6. The molecule has 3 rings (SSSR count). The van der Waals surface area contributed by atoms with Crippen LogP contribution in [-0.2, 0) is 0 Å². The molecule has 0 atom stereocenters. The van der Waals surface area contributed by atoms with Crippen molar-refractivity contribution in [3.05, 3.63) is 77.1 Å². The molecule has 5 nitrogen and oxygen atoms in total. The van der Waals surface area contributed by atoms with Gasteiger partial charge in [0.25, 0.3) is 0 Å². The van der Waals surface area contributed by atoms with Crippen LogP contribution in [0.2, 0.25) is 5.02 Å². The topological polar surface area (TPSA) is 78.1 Å². The quantitative estimate of drug-likeness (QED) is 0.593. The minimum absolute atomic E-state index is 0.0939. The summed E-state index contributed by atoms with van der Waals surface area (Å²) in [6.45, 7) is 3.59. The van der Waals surface area contributed by atoms with Crippen molar-refractivity contribution in [3.8, 4) is 11.5 Å². The van der Waals surface area contributed by atoms with Crippen LogP contribution in [0.15, 0.2) is 70.6 Å². The molecule has 1 aromatic heterocycles. The van der Waals surface area contributed by atoms with E-state index >= 15 is 0 Å². The van der Waals surface area contributed by atoms with Crippen molar-refractivity contribution in [1.82, 2.24) is 4.98 Å². The number of hydrogen-bond donors (Lipinski definition) is 2. The monoisotopic (exact) mass is 379 g/mol. The summed E-state index contributed by atoms with van der Waals surface area (Å²) in [5.74, 6) is 0.188. The first-order valence-corrected chi connectivity index (χ1v) is 8.67. The largest absolute Gasteiger partial charge is 0.506 e. The standard InChI is InChI=1S/C21H18ClN3O2/c1-13(23-16-7-3-5-9-20(16)26)18-11-15(22)12-19(25-18)14(2)24-17-8-4-6-10-21(17)27/h3-12,26-27H,1-2H3. The van der Waals surface area contributed by atoms with Crippen LogP contribution in [0.1, 0.15) is 25.2 Å². The average Bonchev–Trinajstić information content (AvgIpc) is 2.65. The molecule has 0 unspecified atom stereocenters. The number of rotatable bonds is 4. The number of aromatic nitrogens is 1. The molecule has 27 heavy (non-hydrogen) atoms. The molecule has 0 saturated carbocycles. The third-order valence-corrected chi connectivity index (χ3v) is 4.09. The predicted molar refractivity (Wildman–Crippen MR) is 109 cm³/mol. The average molecular weight is 380 g/mol. The van der Waals surface area contributed by atoms with Crippen LogP contribution in [0.25, 0.3) is 0 Å². The lowest BCUT2D eigenvalue weighted by Crippen LogP contribution is -2.05. The summed E-state index contributed by atoms with van der Waals surface area (Å²) in [6.07, 6.45) is 0. The van der Waals surface area contributed by atoms with E-state index in [9.17, 15) is 10.2 Å².